The zero-order valence-corrected chi connectivity index (χ0v) is 18.0. The topological polar surface area (TPSA) is 122 Å². The molecule has 2 aromatic heterocycles. The Kier molecular flexibility index (Phi) is 8.02. The smallest absolute Gasteiger partial charge is 0.235 e. The van der Waals surface area contributed by atoms with Crippen molar-refractivity contribution in [3.05, 3.63) is 77.7 Å². The first-order valence-electron chi connectivity index (χ1n) is 10.1. The van der Waals surface area contributed by atoms with E-state index in [1.165, 1.54) is 24.2 Å². The van der Waals surface area contributed by atoms with Crippen LogP contribution in [0.25, 0.3) is 0 Å². The lowest BCUT2D eigenvalue weighted by atomic mass is 10.0. The van der Waals surface area contributed by atoms with Gasteiger partial charge in [0.15, 0.2) is 9.84 Å². The first kappa shape index (κ1) is 22.8. The Labute approximate surface area is 182 Å². The first-order valence-corrected chi connectivity index (χ1v) is 11.9. The van der Waals surface area contributed by atoms with Gasteiger partial charge in [-0.2, -0.15) is 0 Å². The van der Waals surface area contributed by atoms with Gasteiger partial charge in [0.25, 0.3) is 0 Å². The highest BCUT2D eigenvalue weighted by atomic mass is 32.2. The molecule has 0 aromatic carbocycles. The normalized spacial score (nSPS) is 16.9. The van der Waals surface area contributed by atoms with Crippen LogP contribution >= 0.6 is 0 Å². The molecular weight excluding hydrogens is 418 g/mol. The molecule has 3 N–H and O–H groups in total. The van der Waals surface area contributed by atoms with Crippen molar-refractivity contribution in [3.63, 3.8) is 0 Å². The van der Waals surface area contributed by atoms with Gasteiger partial charge in [0.05, 0.1) is 24.8 Å². The summed E-state index contributed by atoms with van der Waals surface area (Å²) < 4.78 is 28.9. The Bertz CT molecular complexity index is 1030. The maximum Gasteiger partial charge on any atom is 0.235 e. The number of amides is 1. The molecule has 166 valence electrons. The molecule has 0 saturated carbocycles. The SMILES string of the molecule is O=C(CS(=O)(=O)Cc1ccoc1)NCC(O)=CCc1cc(CC2CC=CCN2)ccn1. The molecule has 2 aromatic rings. The van der Waals surface area contributed by atoms with Crippen molar-refractivity contribution < 1.29 is 22.7 Å². The van der Waals surface area contributed by atoms with Gasteiger partial charge in [-0.15, -0.1) is 0 Å². The van der Waals surface area contributed by atoms with E-state index in [1.807, 2.05) is 12.1 Å². The van der Waals surface area contributed by atoms with Crippen LogP contribution in [0.15, 0.2) is 65.3 Å². The highest BCUT2D eigenvalue weighted by Gasteiger charge is 2.18. The van der Waals surface area contributed by atoms with Crippen LogP contribution in [0.1, 0.15) is 23.2 Å². The molecule has 1 atom stereocenters. The number of carbonyl (C=O) groups is 1. The number of aliphatic hydroxyl groups is 1. The molecule has 8 nitrogen and oxygen atoms in total. The summed E-state index contributed by atoms with van der Waals surface area (Å²) >= 11 is 0. The summed E-state index contributed by atoms with van der Waals surface area (Å²) in [4.78, 5) is 16.2. The second-order valence-corrected chi connectivity index (χ2v) is 9.58. The van der Waals surface area contributed by atoms with Gasteiger partial charge in [-0.05, 0) is 42.7 Å². The van der Waals surface area contributed by atoms with Crippen molar-refractivity contribution in [1.82, 2.24) is 15.6 Å². The van der Waals surface area contributed by atoms with E-state index in [-0.39, 0.29) is 18.1 Å². The third kappa shape index (κ3) is 8.03. The summed E-state index contributed by atoms with van der Waals surface area (Å²) in [7, 11) is -3.62. The lowest BCUT2D eigenvalue weighted by molar-refractivity contribution is -0.118. The number of nitrogens with zero attached hydrogens (tertiary/aromatic N) is 1. The van der Waals surface area contributed by atoms with Gasteiger partial charge in [0.1, 0.15) is 11.5 Å². The maximum atomic E-state index is 12.0. The van der Waals surface area contributed by atoms with Crippen molar-refractivity contribution in [2.45, 2.75) is 31.1 Å². The van der Waals surface area contributed by atoms with Gasteiger partial charge in [-0.3, -0.25) is 9.78 Å². The van der Waals surface area contributed by atoms with Crippen molar-refractivity contribution >= 4 is 15.7 Å². The lowest BCUT2D eigenvalue weighted by Crippen LogP contribution is -2.33. The van der Waals surface area contributed by atoms with E-state index in [1.54, 1.807) is 12.3 Å². The quantitative estimate of drug-likeness (QED) is 0.377. The fourth-order valence-corrected chi connectivity index (χ4v) is 4.56. The molecule has 1 aliphatic rings. The minimum Gasteiger partial charge on any atom is -0.511 e. The second kappa shape index (κ2) is 10.9. The molecule has 1 amide bonds. The minimum atomic E-state index is -3.62. The monoisotopic (exact) mass is 445 g/mol. The molecule has 0 fully saturated rings. The molecule has 3 heterocycles. The summed E-state index contributed by atoms with van der Waals surface area (Å²) in [5.41, 5.74) is 2.47. The van der Waals surface area contributed by atoms with E-state index in [4.69, 9.17) is 4.42 Å². The number of sulfone groups is 1. The fraction of sp³-hybridized carbons (Fsp3) is 0.364. The Hall–Kier alpha value is -2.91. The summed E-state index contributed by atoms with van der Waals surface area (Å²) in [6, 6.07) is 5.93. The van der Waals surface area contributed by atoms with Crippen molar-refractivity contribution in [2.24, 2.45) is 0 Å². The molecule has 31 heavy (non-hydrogen) atoms. The van der Waals surface area contributed by atoms with E-state index >= 15 is 0 Å². The van der Waals surface area contributed by atoms with Gasteiger partial charge in [0, 0.05) is 36.5 Å². The number of allylic oxidation sites excluding steroid dienone is 1. The number of aliphatic hydroxyl groups excluding tert-OH is 1. The van der Waals surface area contributed by atoms with Crippen LogP contribution in [0.2, 0.25) is 0 Å². The predicted molar refractivity (Wildman–Crippen MR) is 117 cm³/mol. The van der Waals surface area contributed by atoms with Gasteiger partial charge >= 0.3 is 0 Å². The van der Waals surface area contributed by atoms with Gasteiger partial charge < -0.3 is 20.2 Å². The molecule has 0 aliphatic carbocycles. The van der Waals surface area contributed by atoms with Crippen LogP contribution < -0.4 is 10.6 Å². The molecule has 1 unspecified atom stereocenters. The maximum absolute atomic E-state index is 12.0. The average Bonchev–Trinajstić information content (AvgIpc) is 3.23. The number of rotatable bonds is 10. The number of hydrogen-bond donors (Lipinski definition) is 3. The molecule has 9 heteroatoms. The summed E-state index contributed by atoms with van der Waals surface area (Å²) in [6.45, 7) is 0.744. The molecule has 0 spiro atoms. The van der Waals surface area contributed by atoms with Gasteiger partial charge in [0.2, 0.25) is 5.91 Å². The number of hydrogen-bond acceptors (Lipinski definition) is 7. The number of pyridine rings is 1. The van der Waals surface area contributed by atoms with E-state index in [2.05, 4.69) is 27.8 Å². The summed E-state index contributed by atoms with van der Waals surface area (Å²) in [6.07, 6.45) is 12.6. The van der Waals surface area contributed by atoms with Gasteiger partial charge in [-0.25, -0.2) is 8.42 Å². The standard InChI is InChI=1S/C22H27N3O5S/c26-21(13-25-22(27)16-31(28,29)15-18-7-10-30-14-18)5-4-20-12-17(6-9-24-20)11-19-3-1-2-8-23-19/h1-2,5-7,9-10,12,14,19,23,26H,3-4,8,11,13,15-16H2,(H,25,27). The summed E-state index contributed by atoms with van der Waals surface area (Å²) in [5, 5.41) is 15.9. The second-order valence-electron chi connectivity index (χ2n) is 7.51. The Balaban J connectivity index is 1.44. The molecular formula is C22H27N3O5S. The van der Waals surface area contributed by atoms with Gasteiger partial charge in [-0.1, -0.05) is 12.2 Å². The van der Waals surface area contributed by atoms with Crippen LogP contribution in [0.5, 0.6) is 0 Å². The third-order valence-corrected chi connectivity index (χ3v) is 6.28. The zero-order chi connectivity index (χ0) is 22.1. The largest absolute Gasteiger partial charge is 0.511 e. The van der Waals surface area contributed by atoms with Crippen LogP contribution in [-0.2, 0) is 33.2 Å². The number of nitrogens with one attached hydrogen (secondary N) is 2. The number of aromatic nitrogens is 1. The molecule has 3 rings (SSSR count). The van der Waals surface area contributed by atoms with Crippen molar-refractivity contribution in [3.8, 4) is 0 Å². The molecule has 0 radical (unpaired) electrons. The van der Waals surface area contributed by atoms with E-state index in [0.717, 1.165) is 25.1 Å². The first-order chi connectivity index (χ1) is 14.9. The highest BCUT2D eigenvalue weighted by Crippen LogP contribution is 2.11. The lowest BCUT2D eigenvalue weighted by Gasteiger charge is -2.19. The number of furan rings is 1. The molecule has 1 aliphatic heterocycles. The minimum absolute atomic E-state index is 0.0492. The predicted octanol–water partition coefficient (Wildman–Crippen LogP) is 1.85. The fourth-order valence-electron chi connectivity index (χ4n) is 3.28. The van der Waals surface area contributed by atoms with E-state index in [9.17, 15) is 18.3 Å². The molecule has 0 bridgehead atoms. The summed E-state index contributed by atoms with van der Waals surface area (Å²) in [5.74, 6) is -1.64. The number of carbonyl (C=O) groups excluding carboxylic acids is 1. The molecule has 0 saturated heterocycles. The van der Waals surface area contributed by atoms with Crippen LogP contribution in [0.4, 0.5) is 0 Å². The Morgan fingerprint density at radius 3 is 2.94 bits per heavy atom. The van der Waals surface area contributed by atoms with Crippen molar-refractivity contribution in [1.29, 1.82) is 0 Å². The zero-order valence-electron chi connectivity index (χ0n) is 17.2. The van der Waals surface area contributed by atoms with E-state index in [0.29, 0.717) is 18.0 Å². The van der Waals surface area contributed by atoms with Crippen LogP contribution in [-0.4, -0.2) is 49.3 Å². The van der Waals surface area contributed by atoms with Crippen LogP contribution in [0, 0.1) is 0 Å². The average molecular weight is 446 g/mol. The highest BCUT2D eigenvalue weighted by molar-refractivity contribution is 7.91. The Morgan fingerprint density at radius 2 is 2.19 bits per heavy atom. The third-order valence-electron chi connectivity index (χ3n) is 4.81. The Morgan fingerprint density at radius 1 is 1.32 bits per heavy atom. The van der Waals surface area contributed by atoms with E-state index < -0.39 is 21.5 Å². The van der Waals surface area contributed by atoms with Crippen molar-refractivity contribution in [2.75, 3.05) is 18.8 Å². The van der Waals surface area contributed by atoms with Crippen LogP contribution in [0.3, 0.4) is 0 Å².